The second-order valence-corrected chi connectivity index (χ2v) is 3.29. The van der Waals surface area contributed by atoms with E-state index in [1.165, 1.54) is 11.5 Å². The second kappa shape index (κ2) is 2.86. The molecule has 2 rings (SSSR count). The Morgan fingerprint density at radius 1 is 1.33 bits per heavy atom. The van der Waals surface area contributed by atoms with Crippen molar-refractivity contribution in [2.75, 3.05) is 0 Å². The molecule has 0 aliphatic carbocycles. The lowest BCUT2D eigenvalue weighted by Gasteiger charge is -1.98. The molecule has 1 aromatic carbocycles. The predicted octanol–water partition coefficient (Wildman–Crippen LogP) is -0.0239. The molecule has 2 N–H and O–H groups in total. The molecule has 0 radical (unpaired) electrons. The minimum atomic E-state index is -1.41. The molecule has 2 aromatic rings. The summed E-state index contributed by atoms with van der Waals surface area (Å²) in [5, 5.41) is 18.8. The van der Waals surface area contributed by atoms with Crippen molar-refractivity contribution in [3.8, 4) is 0 Å². The molecule has 1 aromatic heterocycles. The Kier molecular flexibility index (Phi) is 1.84. The molecule has 0 atom stereocenters. The highest BCUT2D eigenvalue weighted by atomic mass is 32.1. The van der Waals surface area contributed by atoms with Crippen LogP contribution >= 0.6 is 11.5 Å². The maximum Gasteiger partial charge on any atom is 0.489 e. The van der Waals surface area contributed by atoms with Crippen molar-refractivity contribution in [1.29, 1.82) is 0 Å². The third kappa shape index (κ3) is 1.12. The van der Waals surface area contributed by atoms with Gasteiger partial charge in [-0.1, -0.05) is 12.1 Å². The summed E-state index contributed by atoms with van der Waals surface area (Å²) in [6.45, 7) is 0. The van der Waals surface area contributed by atoms with E-state index in [4.69, 9.17) is 10.0 Å². The Balaban J connectivity index is 2.73. The fraction of sp³-hybridized carbons (Fsp3) is 0. The number of hydrogen-bond acceptors (Lipinski definition) is 4. The summed E-state index contributed by atoms with van der Waals surface area (Å²) in [4.78, 5) is 0. The summed E-state index contributed by atoms with van der Waals surface area (Å²) in [5.74, 6) is 0. The number of rotatable bonds is 1. The fourth-order valence-corrected chi connectivity index (χ4v) is 1.82. The van der Waals surface area contributed by atoms with Gasteiger partial charge in [-0.2, -0.15) is 4.37 Å². The van der Waals surface area contributed by atoms with Gasteiger partial charge in [-0.05, 0) is 23.1 Å². The van der Waals surface area contributed by atoms with Crippen LogP contribution < -0.4 is 5.46 Å². The molecule has 12 heavy (non-hydrogen) atoms. The van der Waals surface area contributed by atoms with E-state index in [1.807, 2.05) is 6.07 Å². The number of benzene rings is 1. The zero-order valence-corrected chi connectivity index (χ0v) is 6.95. The van der Waals surface area contributed by atoms with Gasteiger partial charge in [-0.15, -0.1) is 0 Å². The molecule has 3 nitrogen and oxygen atoms in total. The van der Waals surface area contributed by atoms with Crippen LogP contribution in [0.5, 0.6) is 0 Å². The Bertz CT molecular complexity index is 401. The molecule has 0 aliphatic heterocycles. The first-order valence-electron chi connectivity index (χ1n) is 3.48. The fourth-order valence-electron chi connectivity index (χ4n) is 1.14. The van der Waals surface area contributed by atoms with Gasteiger partial charge in [0.15, 0.2) is 0 Å². The summed E-state index contributed by atoms with van der Waals surface area (Å²) in [7, 11) is -1.41. The third-order valence-electron chi connectivity index (χ3n) is 1.71. The lowest BCUT2D eigenvalue weighted by molar-refractivity contribution is 0.426. The minimum absolute atomic E-state index is 0.515. The van der Waals surface area contributed by atoms with E-state index < -0.39 is 7.12 Å². The van der Waals surface area contributed by atoms with E-state index in [1.54, 1.807) is 18.3 Å². The van der Waals surface area contributed by atoms with Crippen molar-refractivity contribution in [3.63, 3.8) is 0 Å². The van der Waals surface area contributed by atoms with Gasteiger partial charge in [0.05, 0.1) is 4.70 Å². The van der Waals surface area contributed by atoms with E-state index in [0.29, 0.717) is 5.46 Å². The van der Waals surface area contributed by atoms with Gasteiger partial charge in [-0.25, -0.2) is 0 Å². The van der Waals surface area contributed by atoms with Crippen LogP contribution in [0.15, 0.2) is 24.4 Å². The van der Waals surface area contributed by atoms with Gasteiger partial charge in [0.1, 0.15) is 0 Å². The zero-order chi connectivity index (χ0) is 8.55. The number of nitrogens with zero attached hydrogens (tertiary/aromatic N) is 1. The monoisotopic (exact) mass is 179 g/mol. The Morgan fingerprint density at radius 3 is 2.92 bits per heavy atom. The van der Waals surface area contributed by atoms with Gasteiger partial charge in [0.2, 0.25) is 0 Å². The van der Waals surface area contributed by atoms with E-state index in [9.17, 15) is 0 Å². The zero-order valence-electron chi connectivity index (χ0n) is 6.14. The average Bonchev–Trinajstić information content (AvgIpc) is 2.49. The van der Waals surface area contributed by atoms with Crippen molar-refractivity contribution < 1.29 is 10.0 Å². The van der Waals surface area contributed by atoms with Crippen molar-refractivity contribution in [2.45, 2.75) is 0 Å². The first kappa shape index (κ1) is 7.73. The van der Waals surface area contributed by atoms with Crippen LogP contribution in [-0.4, -0.2) is 21.5 Å². The van der Waals surface area contributed by atoms with Gasteiger partial charge < -0.3 is 10.0 Å². The Hall–Kier alpha value is -0.905. The molecule has 0 aliphatic rings. The van der Waals surface area contributed by atoms with Crippen LogP contribution in [0.25, 0.3) is 10.1 Å². The molecule has 0 saturated heterocycles. The molecule has 5 heteroatoms. The van der Waals surface area contributed by atoms with Crippen LogP contribution in [0.4, 0.5) is 0 Å². The van der Waals surface area contributed by atoms with Crippen LogP contribution in [0.2, 0.25) is 0 Å². The number of aromatic nitrogens is 1. The lowest BCUT2D eigenvalue weighted by atomic mass is 9.78. The van der Waals surface area contributed by atoms with Crippen LogP contribution in [0.1, 0.15) is 0 Å². The summed E-state index contributed by atoms with van der Waals surface area (Å²) < 4.78 is 4.94. The maximum atomic E-state index is 8.97. The van der Waals surface area contributed by atoms with Gasteiger partial charge >= 0.3 is 7.12 Å². The van der Waals surface area contributed by atoms with E-state index in [0.717, 1.165) is 10.1 Å². The third-order valence-corrected chi connectivity index (χ3v) is 2.47. The largest absolute Gasteiger partial charge is 0.489 e. The normalized spacial score (nSPS) is 10.5. The standard InChI is InChI=1S/C7H6BNO2S/c10-8(11)6-2-1-3-7-5(6)4-9-12-7/h1-4,10-11H. The van der Waals surface area contributed by atoms with E-state index in [-0.39, 0.29) is 0 Å². The molecule has 0 saturated carbocycles. The average molecular weight is 179 g/mol. The highest BCUT2D eigenvalue weighted by Gasteiger charge is 2.14. The topological polar surface area (TPSA) is 53.4 Å². The van der Waals surface area contributed by atoms with Gasteiger partial charge in [0, 0.05) is 11.6 Å². The SMILES string of the molecule is OB(O)c1cccc2sncc12. The molecular formula is C7H6BNO2S. The summed E-state index contributed by atoms with van der Waals surface area (Å²) >= 11 is 1.35. The van der Waals surface area contributed by atoms with E-state index >= 15 is 0 Å². The van der Waals surface area contributed by atoms with Crippen molar-refractivity contribution >= 4 is 34.2 Å². The van der Waals surface area contributed by atoms with Crippen molar-refractivity contribution in [2.24, 2.45) is 0 Å². The molecule has 1 heterocycles. The lowest BCUT2D eigenvalue weighted by Crippen LogP contribution is -2.29. The summed E-state index contributed by atoms with van der Waals surface area (Å²) in [6, 6.07) is 5.37. The quantitative estimate of drug-likeness (QED) is 0.604. The smallest absolute Gasteiger partial charge is 0.423 e. The highest BCUT2D eigenvalue weighted by molar-refractivity contribution is 7.13. The van der Waals surface area contributed by atoms with Crippen molar-refractivity contribution in [3.05, 3.63) is 24.4 Å². The molecule has 0 spiro atoms. The maximum absolute atomic E-state index is 8.97. The number of hydrogen-bond donors (Lipinski definition) is 2. The molecule has 0 fully saturated rings. The molecular weight excluding hydrogens is 173 g/mol. The predicted molar refractivity (Wildman–Crippen MR) is 49.4 cm³/mol. The summed E-state index contributed by atoms with van der Waals surface area (Å²) in [5.41, 5.74) is 0.515. The molecule has 60 valence electrons. The van der Waals surface area contributed by atoms with Crippen LogP contribution in [-0.2, 0) is 0 Å². The van der Waals surface area contributed by atoms with Crippen LogP contribution in [0.3, 0.4) is 0 Å². The number of fused-ring (bicyclic) bond motifs is 1. The molecule has 0 amide bonds. The van der Waals surface area contributed by atoms with E-state index in [2.05, 4.69) is 4.37 Å². The Labute approximate surface area is 73.6 Å². The van der Waals surface area contributed by atoms with Gasteiger partial charge in [-0.3, -0.25) is 0 Å². The van der Waals surface area contributed by atoms with Gasteiger partial charge in [0.25, 0.3) is 0 Å². The first-order chi connectivity index (χ1) is 5.79. The van der Waals surface area contributed by atoms with Crippen LogP contribution in [0, 0.1) is 0 Å². The van der Waals surface area contributed by atoms with Crippen molar-refractivity contribution in [1.82, 2.24) is 4.37 Å². The second-order valence-electron chi connectivity index (χ2n) is 2.46. The molecule has 0 unspecified atom stereocenters. The summed E-state index contributed by atoms with van der Waals surface area (Å²) in [6.07, 6.45) is 1.65. The minimum Gasteiger partial charge on any atom is -0.423 e. The molecule has 0 bridgehead atoms. The highest BCUT2D eigenvalue weighted by Crippen LogP contribution is 2.14. The first-order valence-corrected chi connectivity index (χ1v) is 4.26. The Morgan fingerprint density at radius 2 is 2.17 bits per heavy atom.